The van der Waals surface area contributed by atoms with Gasteiger partial charge in [-0.25, -0.2) is 0 Å². The number of aliphatic imine (C=N–C) groups is 1. The van der Waals surface area contributed by atoms with Gasteiger partial charge < -0.3 is 16.0 Å². The van der Waals surface area contributed by atoms with Crippen molar-refractivity contribution >= 4 is 35.8 Å². The third-order valence-corrected chi connectivity index (χ3v) is 5.06. The minimum Gasteiger partial charge on any atom is -0.359 e. The lowest BCUT2D eigenvalue weighted by atomic mass is 9.92. The lowest BCUT2D eigenvalue weighted by Gasteiger charge is -2.25. The van der Waals surface area contributed by atoms with Crippen LogP contribution in [0.25, 0.3) is 0 Å². The molecule has 1 saturated heterocycles. The topological polar surface area (TPSA) is 68.8 Å². The number of nitrogens with one attached hydrogen (secondary N) is 3. The van der Waals surface area contributed by atoms with Gasteiger partial charge in [0.1, 0.15) is 0 Å². The van der Waals surface area contributed by atoms with Gasteiger partial charge in [0.15, 0.2) is 5.96 Å². The lowest BCUT2D eigenvalue weighted by Crippen LogP contribution is -2.49. The SMILES string of the molecule is CN=C(NCC(C)(C)C(=O)NC)NC1CCN(Cc2ccc(C(F)(F)F)cc2)C1.I. The van der Waals surface area contributed by atoms with Crippen LogP contribution in [-0.2, 0) is 17.5 Å². The van der Waals surface area contributed by atoms with E-state index in [1.165, 1.54) is 12.1 Å². The second kappa shape index (κ2) is 11.2. The van der Waals surface area contributed by atoms with Crippen LogP contribution in [0.5, 0.6) is 0 Å². The van der Waals surface area contributed by atoms with E-state index in [4.69, 9.17) is 0 Å². The fourth-order valence-electron chi connectivity index (χ4n) is 3.26. The van der Waals surface area contributed by atoms with Crippen LogP contribution in [0.2, 0.25) is 0 Å². The molecule has 0 radical (unpaired) electrons. The van der Waals surface area contributed by atoms with Gasteiger partial charge in [-0.05, 0) is 38.0 Å². The molecule has 0 aliphatic carbocycles. The van der Waals surface area contributed by atoms with Gasteiger partial charge in [-0.15, -0.1) is 24.0 Å². The Balaban J connectivity index is 0.00000450. The number of amides is 1. The highest BCUT2D eigenvalue weighted by Crippen LogP contribution is 2.29. The third-order valence-electron chi connectivity index (χ3n) is 5.06. The maximum Gasteiger partial charge on any atom is 0.416 e. The first kappa shape index (κ1) is 26.5. The van der Waals surface area contributed by atoms with Crippen molar-refractivity contribution < 1.29 is 18.0 Å². The standard InChI is InChI=1S/C20H30F3N5O.HI/c1-19(2,17(29)24-3)13-26-18(25-4)27-16-9-10-28(12-16)11-14-5-7-15(8-6-14)20(21,22)23;/h5-8,16H,9-13H2,1-4H3,(H,24,29)(H2,25,26,27);1H. The minimum absolute atomic E-state index is 0. The molecule has 1 aromatic rings. The van der Waals surface area contributed by atoms with Crippen LogP contribution in [-0.4, -0.2) is 56.5 Å². The zero-order valence-corrected chi connectivity index (χ0v) is 20.1. The first-order chi connectivity index (χ1) is 13.5. The molecule has 1 aromatic carbocycles. The molecule has 1 aliphatic heterocycles. The van der Waals surface area contributed by atoms with E-state index in [1.807, 2.05) is 13.8 Å². The molecule has 0 aromatic heterocycles. The van der Waals surface area contributed by atoms with Crippen molar-refractivity contribution in [2.75, 3.05) is 33.7 Å². The summed E-state index contributed by atoms with van der Waals surface area (Å²) in [4.78, 5) is 18.3. The van der Waals surface area contributed by atoms with Gasteiger partial charge in [0.05, 0.1) is 11.0 Å². The summed E-state index contributed by atoms with van der Waals surface area (Å²) in [5, 5.41) is 9.20. The number of hydrogen-bond donors (Lipinski definition) is 3. The third kappa shape index (κ3) is 7.60. The normalized spacial score (nSPS) is 18.0. The predicted octanol–water partition coefficient (Wildman–Crippen LogP) is 2.83. The van der Waals surface area contributed by atoms with E-state index in [-0.39, 0.29) is 35.9 Å². The summed E-state index contributed by atoms with van der Waals surface area (Å²) in [6.45, 7) is 6.36. The second-order valence-electron chi connectivity index (χ2n) is 7.95. The van der Waals surface area contributed by atoms with Crippen LogP contribution < -0.4 is 16.0 Å². The number of benzene rings is 1. The zero-order valence-electron chi connectivity index (χ0n) is 17.8. The number of guanidine groups is 1. The summed E-state index contributed by atoms with van der Waals surface area (Å²) >= 11 is 0. The summed E-state index contributed by atoms with van der Waals surface area (Å²) < 4.78 is 38.0. The van der Waals surface area contributed by atoms with Gasteiger partial charge >= 0.3 is 6.18 Å². The maximum atomic E-state index is 12.7. The molecule has 1 atom stereocenters. The molecule has 2 rings (SSSR count). The monoisotopic (exact) mass is 541 g/mol. The van der Waals surface area contributed by atoms with Crippen molar-refractivity contribution in [3.8, 4) is 0 Å². The van der Waals surface area contributed by atoms with E-state index >= 15 is 0 Å². The molecule has 0 bridgehead atoms. The average Bonchev–Trinajstić information content (AvgIpc) is 3.10. The van der Waals surface area contributed by atoms with Crippen LogP contribution in [0.4, 0.5) is 13.2 Å². The lowest BCUT2D eigenvalue weighted by molar-refractivity contribution is -0.137. The van der Waals surface area contributed by atoms with Crippen LogP contribution >= 0.6 is 24.0 Å². The van der Waals surface area contributed by atoms with Gasteiger partial charge in [0.25, 0.3) is 0 Å². The average molecular weight is 541 g/mol. The first-order valence-electron chi connectivity index (χ1n) is 9.63. The van der Waals surface area contributed by atoms with E-state index in [2.05, 4.69) is 25.8 Å². The number of carbonyl (C=O) groups excluding carboxylic acids is 1. The van der Waals surface area contributed by atoms with E-state index in [1.54, 1.807) is 14.1 Å². The Morgan fingerprint density at radius 2 is 1.87 bits per heavy atom. The number of likely N-dealkylation sites (tertiary alicyclic amines) is 1. The predicted molar refractivity (Wildman–Crippen MR) is 123 cm³/mol. The van der Waals surface area contributed by atoms with Crippen LogP contribution in [0, 0.1) is 5.41 Å². The van der Waals surface area contributed by atoms with Crippen molar-refractivity contribution in [3.63, 3.8) is 0 Å². The van der Waals surface area contributed by atoms with Gasteiger partial charge in [-0.3, -0.25) is 14.7 Å². The number of nitrogens with zero attached hydrogens (tertiary/aromatic N) is 2. The number of halogens is 4. The summed E-state index contributed by atoms with van der Waals surface area (Å²) in [5.74, 6) is 0.576. The molecule has 170 valence electrons. The molecule has 1 aliphatic rings. The molecule has 1 fully saturated rings. The van der Waals surface area contributed by atoms with Crippen molar-refractivity contribution in [1.29, 1.82) is 0 Å². The van der Waals surface area contributed by atoms with Crippen molar-refractivity contribution in [1.82, 2.24) is 20.9 Å². The smallest absolute Gasteiger partial charge is 0.359 e. The quantitative estimate of drug-likeness (QED) is 0.295. The Morgan fingerprint density at radius 3 is 2.40 bits per heavy atom. The van der Waals surface area contributed by atoms with E-state index < -0.39 is 17.2 Å². The Labute approximate surface area is 193 Å². The number of carbonyl (C=O) groups is 1. The molecule has 1 heterocycles. The van der Waals surface area contributed by atoms with Crippen molar-refractivity contribution in [2.45, 2.75) is 39.0 Å². The van der Waals surface area contributed by atoms with Gasteiger partial charge in [-0.2, -0.15) is 13.2 Å². The van der Waals surface area contributed by atoms with Gasteiger partial charge in [0.2, 0.25) is 5.91 Å². The highest BCUT2D eigenvalue weighted by Gasteiger charge is 2.30. The fourth-order valence-corrected chi connectivity index (χ4v) is 3.26. The summed E-state index contributed by atoms with van der Waals surface area (Å²) in [6.07, 6.45) is -3.41. The molecular formula is C20H31F3IN5O. The van der Waals surface area contributed by atoms with Crippen molar-refractivity contribution in [2.24, 2.45) is 10.4 Å². The first-order valence-corrected chi connectivity index (χ1v) is 9.63. The molecular weight excluding hydrogens is 510 g/mol. The van der Waals surface area contributed by atoms with Crippen LogP contribution in [0.15, 0.2) is 29.3 Å². The second-order valence-corrected chi connectivity index (χ2v) is 7.95. The largest absolute Gasteiger partial charge is 0.416 e. The summed E-state index contributed by atoms with van der Waals surface area (Å²) in [5.41, 5.74) is -0.346. The number of hydrogen-bond acceptors (Lipinski definition) is 3. The minimum atomic E-state index is -4.31. The Kier molecular flexibility index (Phi) is 9.86. The molecule has 0 spiro atoms. The maximum absolute atomic E-state index is 12.7. The number of rotatable bonds is 6. The Morgan fingerprint density at radius 1 is 1.23 bits per heavy atom. The molecule has 1 amide bonds. The molecule has 30 heavy (non-hydrogen) atoms. The molecule has 10 heteroatoms. The van der Waals surface area contributed by atoms with E-state index in [0.29, 0.717) is 19.0 Å². The molecule has 6 nitrogen and oxygen atoms in total. The zero-order chi connectivity index (χ0) is 21.7. The Hall–Kier alpha value is -1.56. The molecule has 0 saturated carbocycles. The number of alkyl halides is 3. The highest BCUT2D eigenvalue weighted by molar-refractivity contribution is 14.0. The summed E-state index contributed by atoms with van der Waals surface area (Å²) in [7, 11) is 3.29. The fraction of sp³-hybridized carbons (Fsp3) is 0.600. The van der Waals surface area contributed by atoms with Gasteiger partial charge in [-0.1, -0.05) is 12.1 Å². The van der Waals surface area contributed by atoms with Crippen LogP contribution in [0.1, 0.15) is 31.4 Å². The molecule has 3 N–H and O–H groups in total. The van der Waals surface area contributed by atoms with Gasteiger partial charge in [0, 0.05) is 46.3 Å². The summed E-state index contributed by atoms with van der Waals surface area (Å²) in [6, 6.07) is 5.50. The van der Waals surface area contributed by atoms with Crippen LogP contribution in [0.3, 0.4) is 0 Å². The van der Waals surface area contributed by atoms with E-state index in [9.17, 15) is 18.0 Å². The highest BCUT2D eigenvalue weighted by atomic mass is 127. The molecule has 1 unspecified atom stereocenters. The van der Waals surface area contributed by atoms with Crippen molar-refractivity contribution in [3.05, 3.63) is 35.4 Å². The Bertz CT molecular complexity index is 722. The van der Waals surface area contributed by atoms with E-state index in [0.717, 1.165) is 37.2 Å².